The number of amides is 1. The minimum absolute atomic E-state index is 0.219. The van der Waals surface area contributed by atoms with Crippen molar-refractivity contribution >= 4 is 23.2 Å². The summed E-state index contributed by atoms with van der Waals surface area (Å²) in [6.07, 6.45) is 2.33. The molecule has 5 nitrogen and oxygen atoms in total. The van der Waals surface area contributed by atoms with E-state index >= 15 is 0 Å². The highest BCUT2D eigenvalue weighted by molar-refractivity contribution is 6.32. The summed E-state index contributed by atoms with van der Waals surface area (Å²) in [5, 5.41) is 3.30. The Morgan fingerprint density at radius 3 is 2.52 bits per heavy atom. The van der Waals surface area contributed by atoms with E-state index in [1.807, 2.05) is 31.2 Å². The van der Waals surface area contributed by atoms with E-state index in [1.165, 1.54) is 0 Å². The van der Waals surface area contributed by atoms with Gasteiger partial charge in [0.15, 0.2) is 0 Å². The summed E-state index contributed by atoms with van der Waals surface area (Å²) in [5.41, 5.74) is 1.19. The molecule has 0 spiro atoms. The Labute approximate surface area is 165 Å². The van der Waals surface area contributed by atoms with E-state index in [2.05, 4.69) is 17.3 Å². The summed E-state index contributed by atoms with van der Waals surface area (Å²) in [7, 11) is 2.13. The molecule has 1 aliphatic heterocycles. The lowest BCUT2D eigenvalue weighted by Gasteiger charge is -2.29. The van der Waals surface area contributed by atoms with Crippen LogP contribution < -0.4 is 14.8 Å². The molecule has 2 aromatic carbocycles. The van der Waals surface area contributed by atoms with Gasteiger partial charge in [-0.15, -0.1) is 0 Å². The molecule has 144 valence electrons. The zero-order valence-electron chi connectivity index (χ0n) is 15.7. The number of nitrogens with zero attached hydrogens (tertiary/aromatic N) is 1. The van der Waals surface area contributed by atoms with Crippen LogP contribution in [0.25, 0.3) is 0 Å². The third-order valence-electron chi connectivity index (χ3n) is 4.57. The van der Waals surface area contributed by atoms with Crippen molar-refractivity contribution in [3.8, 4) is 11.5 Å². The summed E-state index contributed by atoms with van der Waals surface area (Å²) in [5.74, 6) is 1.18. The van der Waals surface area contributed by atoms with Crippen LogP contribution in [0.4, 0.5) is 5.69 Å². The lowest BCUT2D eigenvalue weighted by molar-refractivity contribution is 0.102. The first-order chi connectivity index (χ1) is 13.0. The van der Waals surface area contributed by atoms with Crippen molar-refractivity contribution in [1.82, 2.24) is 4.90 Å². The van der Waals surface area contributed by atoms with Gasteiger partial charge in [-0.3, -0.25) is 4.79 Å². The van der Waals surface area contributed by atoms with E-state index < -0.39 is 0 Å². The molecule has 0 aliphatic carbocycles. The normalized spacial score (nSPS) is 15.4. The van der Waals surface area contributed by atoms with Crippen molar-refractivity contribution in [2.75, 3.05) is 32.1 Å². The molecular weight excluding hydrogens is 364 g/mol. The van der Waals surface area contributed by atoms with Gasteiger partial charge in [0.05, 0.1) is 11.6 Å². The highest BCUT2D eigenvalue weighted by Crippen LogP contribution is 2.26. The SMILES string of the molecule is CCOc1ccc(C(=O)Nc2ccc(OC3CCN(C)CC3)cc2)cc1Cl. The molecule has 3 rings (SSSR count). The maximum absolute atomic E-state index is 12.4. The molecule has 1 saturated heterocycles. The van der Waals surface area contributed by atoms with Crippen LogP contribution in [-0.2, 0) is 0 Å². The molecule has 1 heterocycles. The van der Waals surface area contributed by atoms with Crippen LogP contribution in [0.5, 0.6) is 11.5 Å². The number of likely N-dealkylation sites (tertiary alicyclic amines) is 1. The highest BCUT2D eigenvalue weighted by Gasteiger charge is 2.18. The first-order valence-corrected chi connectivity index (χ1v) is 9.62. The number of carbonyl (C=O) groups is 1. The Morgan fingerprint density at radius 1 is 1.19 bits per heavy atom. The maximum Gasteiger partial charge on any atom is 0.255 e. The average Bonchev–Trinajstić information content (AvgIpc) is 2.67. The lowest BCUT2D eigenvalue weighted by Crippen LogP contribution is -2.35. The predicted octanol–water partition coefficient (Wildman–Crippen LogP) is 4.46. The van der Waals surface area contributed by atoms with Crippen molar-refractivity contribution < 1.29 is 14.3 Å². The summed E-state index contributed by atoms with van der Waals surface area (Å²) in [4.78, 5) is 14.7. The minimum Gasteiger partial charge on any atom is -0.492 e. The number of halogens is 1. The molecule has 0 atom stereocenters. The fourth-order valence-corrected chi connectivity index (χ4v) is 3.27. The third-order valence-corrected chi connectivity index (χ3v) is 4.87. The molecule has 6 heteroatoms. The van der Waals surface area contributed by atoms with Gasteiger partial charge in [0.2, 0.25) is 0 Å². The van der Waals surface area contributed by atoms with Crippen LogP contribution in [0.15, 0.2) is 42.5 Å². The number of piperidine rings is 1. The topological polar surface area (TPSA) is 50.8 Å². The number of ether oxygens (including phenoxy) is 2. The van der Waals surface area contributed by atoms with Crippen molar-refractivity contribution in [1.29, 1.82) is 0 Å². The highest BCUT2D eigenvalue weighted by atomic mass is 35.5. The number of anilines is 1. The number of benzene rings is 2. The smallest absolute Gasteiger partial charge is 0.255 e. The molecule has 0 unspecified atom stereocenters. The van der Waals surface area contributed by atoms with Crippen LogP contribution in [0.2, 0.25) is 5.02 Å². The van der Waals surface area contributed by atoms with Gasteiger partial charge >= 0.3 is 0 Å². The summed E-state index contributed by atoms with van der Waals surface area (Å²) in [6.45, 7) is 4.53. The molecule has 2 aromatic rings. The predicted molar refractivity (Wildman–Crippen MR) is 108 cm³/mol. The number of hydrogen-bond acceptors (Lipinski definition) is 4. The molecule has 1 N–H and O–H groups in total. The third kappa shape index (κ3) is 5.37. The zero-order valence-corrected chi connectivity index (χ0v) is 16.5. The number of carbonyl (C=O) groups excluding carboxylic acids is 1. The van der Waals surface area contributed by atoms with Crippen molar-refractivity contribution in [2.24, 2.45) is 0 Å². The standard InChI is InChI=1S/C21H25ClN2O3/c1-3-26-20-9-4-15(14-19(20)22)21(25)23-16-5-7-17(8-6-16)27-18-10-12-24(2)13-11-18/h4-9,14,18H,3,10-13H2,1-2H3,(H,23,25). The van der Waals surface area contributed by atoms with E-state index in [9.17, 15) is 4.79 Å². The van der Waals surface area contributed by atoms with Crippen molar-refractivity contribution in [3.05, 3.63) is 53.1 Å². The van der Waals surface area contributed by atoms with Crippen LogP contribution in [0.1, 0.15) is 30.1 Å². The molecule has 0 aromatic heterocycles. The molecule has 1 fully saturated rings. The van der Waals surface area contributed by atoms with Crippen LogP contribution in [0, 0.1) is 0 Å². The fourth-order valence-electron chi connectivity index (χ4n) is 3.03. The Bertz CT molecular complexity index is 771. The largest absolute Gasteiger partial charge is 0.492 e. The molecule has 1 amide bonds. The number of nitrogens with one attached hydrogen (secondary N) is 1. The van der Waals surface area contributed by atoms with Gasteiger partial charge in [-0.1, -0.05) is 11.6 Å². The summed E-state index contributed by atoms with van der Waals surface area (Å²) in [6, 6.07) is 12.5. The minimum atomic E-state index is -0.219. The van der Waals surface area contributed by atoms with Gasteiger partial charge in [-0.2, -0.15) is 0 Å². The van der Waals surface area contributed by atoms with E-state index in [4.69, 9.17) is 21.1 Å². The maximum atomic E-state index is 12.4. The molecule has 1 aliphatic rings. The van der Waals surface area contributed by atoms with Crippen LogP contribution in [-0.4, -0.2) is 43.7 Å². The van der Waals surface area contributed by atoms with Crippen LogP contribution >= 0.6 is 11.6 Å². The first kappa shape index (κ1) is 19.5. The van der Waals surface area contributed by atoms with E-state index in [0.717, 1.165) is 31.7 Å². The number of rotatable bonds is 6. The van der Waals surface area contributed by atoms with Crippen LogP contribution in [0.3, 0.4) is 0 Å². The van der Waals surface area contributed by atoms with Gasteiger partial charge < -0.3 is 19.7 Å². The van der Waals surface area contributed by atoms with E-state index in [0.29, 0.717) is 28.6 Å². The fraction of sp³-hybridized carbons (Fsp3) is 0.381. The second-order valence-electron chi connectivity index (χ2n) is 6.68. The van der Waals surface area contributed by atoms with Gasteiger partial charge in [0.25, 0.3) is 5.91 Å². The molecule has 27 heavy (non-hydrogen) atoms. The van der Waals surface area contributed by atoms with Gasteiger partial charge in [-0.25, -0.2) is 0 Å². The quantitative estimate of drug-likeness (QED) is 0.793. The monoisotopic (exact) mass is 388 g/mol. The Morgan fingerprint density at radius 2 is 1.89 bits per heavy atom. The molecule has 0 saturated carbocycles. The first-order valence-electron chi connectivity index (χ1n) is 9.24. The Balaban J connectivity index is 1.57. The van der Waals surface area contributed by atoms with Gasteiger partial charge in [0, 0.05) is 24.3 Å². The van der Waals surface area contributed by atoms with Gasteiger partial charge in [0.1, 0.15) is 17.6 Å². The summed E-state index contributed by atoms with van der Waals surface area (Å²) < 4.78 is 11.4. The van der Waals surface area contributed by atoms with Crippen molar-refractivity contribution in [2.45, 2.75) is 25.9 Å². The second-order valence-corrected chi connectivity index (χ2v) is 7.08. The Hall–Kier alpha value is -2.24. The Kier molecular flexibility index (Phi) is 6.58. The van der Waals surface area contributed by atoms with Crippen molar-refractivity contribution in [3.63, 3.8) is 0 Å². The summed E-state index contributed by atoms with van der Waals surface area (Å²) >= 11 is 6.15. The van der Waals surface area contributed by atoms with E-state index in [1.54, 1.807) is 18.2 Å². The average molecular weight is 389 g/mol. The van der Waals surface area contributed by atoms with Gasteiger partial charge in [-0.05, 0) is 69.3 Å². The number of hydrogen-bond donors (Lipinski definition) is 1. The molecule has 0 radical (unpaired) electrons. The molecular formula is C21H25ClN2O3. The zero-order chi connectivity index (χ0) is 19.2. The molecule has 0 bridgehead atoms. The second kappa shape index (κ2) is 9.11. The van der Waals surface area contributed by atoms with E-state index in [-0.39, 0.29) is 12.0 Å². The lowest BCUT2D eigenvalue weighted by atomic mass is 10.1.